The highest BCUT2D eigenvalue weighted by Gasteiger charge is 2.25. The fourth-order valence-corrected chi connectivity index (χ4v) is 2.46. The number of rotatable bonds is 5. The number of carbonyl (C=O) groups excluding carboxylic acids is 2. The van der Waals surface area contributed by atoms with Gasteiger partial charge in [0.2, 0.25) is 0 Å². The van der Waals surface area contributed by atoms with Gasteiger partial charge in [0.1, 0.15) is 0 Å². The van der Waals surface area contributed by atoms with Crippen LogP contribution in [-0.4, -0.2) is 61.4 Å². The van der Waals surface area contributed by atoms with E-state index in [1.165, 1.54) is 5.56 Å². The monoisotopic (exact) mass is 320 g/mol. The number of piperazine rings is 1. The first-order valence-corrected chi connectivity index (χ1v) is 8.08. The van der Waals surface area contributed by atoms with Crippen LogP contribution in [0.3, 0.4) is 0 Å². The molecule has 6 nitrogen and oxygen atoms in total. The molecule has 0 spiro atoms. The molecule has 1 aliphatic rings. The van der Waals surface area contributed by atoms with E-state index in [0.29, 0.717) is 39.4 Å². The van der Waals surface area contributed by atoms with Gasteiger partial charge in [-0.25, -0.2) is 9.59 Å². The van der Waals surface area contributed by atoms with Crippen LogP contribution in [0, 0.1) is 0 Å². The molecule has 1 fully saturated rings. The maximum Gasteiger partial charge on any atom is 0.409 e. The summed E-state index contributed by atoms with van der Waals surface area (Å²) >= 11 is 0. The standard InChI is InChI=1S/C17H24N2O4/c1-2-22-16(20)18-10-12-19(13-11-18)17(21)23-14-6-9-15-7-4-3-5-8-15/h3-5,7-8H,2,6,9-14H2,1H3. The number of nitrogens with zero attached hydrogens (tertiary/aromatic N) is 2. The van der Waals surface area contributed by atoms with Crippen LogP contribution in [0.25, 0.3) is 0 Å². The average molecular weight is 320 g/mol. The Morgan fingerprint density at radius 1 is 0.957 bits per heavy atom. The molecule has 23 heavy (non-hydrogen) atoms. The molecule has 1 saturated heterocycles. The molecular formula is C17H24N2O4. The zero-order valence-electron chi connectivity index (χ0n) is 13.6. The Morgan fingerprint density at radius 2 is 1.52 bits per heavy atom. The van der Waals surface area contributed by atoms with Crippen molar-refractivity contribution in [3.8, 4) is 0 Å². The molecule has 0 saturated carbocycles. The SMILES string of the molecule is CCOC(=O)N1CCN(C(=O)OCCCc2ccccc2)CC1. The van der Waals surface area contributed by atoms with Crippen molar-refractivity contribution in [3.05, 3.63) is 35.9 Å². The summed E-state index contributed by atoms with van der Waals surface area (Å²) in [5.74, 6) is 0. The molecule has 0 aliphatic carbocycles. The van der Waals surface area contributed by atoms with Crippen molar-refractivity contribution in [2.45, 2.75) is 19.8 Å². The zero-order valence-corrected chi connectivity index (χ0v) is 13.6. The molecular weight excluding hydrogens is 296 g/mol. The zero-order chi connectivity index (χ0) is 16.5. The number of hydrogen-bond acceptors (Lipinski definition) is 4. The Labute approximate surface area is 137 Å². The summed E-state index contributed by atoms with van der Waals surface area (Å²) in [7, 11) is 0. The molecule has 126 valence electrons. The molecule has 2 amide bonds. The Kier molecular flexibility index (Phi) is 6.72. The number of amides is 2. The van der Waals surface area contributed by atoms with Crippen LogP contribution in [0.4, 0.5) is 9.59 Å². The molecule has 0 unspecified atom stereocenters. The average Bonchev–Trinajstić information content (AvgIpc) is 2.60. The van der Waals surface area contributed by atoms with Gasteiger partial charge in [0, 0.05) is 26.2 Å². The number of aryl methyl sites for hydroxylation is 1. The van der Waals surface area contributed by atoms with E-state index >= 15 is 0 Å². The van der Waals surface area contributed by atoms with Crippen LogP contribution < -0.4 is 0 Å². The van der Waals surface area contributed by atoms with E-state index < -0.39 is 0 Å². The molecule has 1 aromatic rings. The van der Waals surface area contributed by atoms with E-state index in [4.69, 9.17) is 9.47 Å². The van der Waals surface area contributed by atoms with Crippen molar-refractivity contribution in [3.63, 3.8) is 0 Å². The van der Waals surface area contributed by atoms with Crippen LogP contribution in [0.1, 0.15) is 18.9 Å². The summed E-state index contributed by atoms with van der Waals surface area (Å²) < 4.78 is 10.2. The van der Waals surface area contributed by atoms with Crippen molar-refractivity contribution < 1.29 is 19.1 Å². The molecule has 0 radical (unpaired) electrons. The van der Waals surface area contributed by atoms with Crippen LogP contribution in [0.5, 0.6) is 0 Å². The van der Waals surface area contributed by atoms with E-state index in [2.05, 4.69) is 12.1 Å². The third kappa shape index (κ3) is 5.47. The summed E-state index contributed by atoms with van der Waals surface area (Å²) in [6, 6.07) is 10.1. The third-order valence-electron chi connectivity index (χ3n) is 3.74. The van der Waals surface area contributed by atoms with E-state index in [1.54, 1.807) is 16.7 Å². The summed E-state index contributed by atoms with van der Waals surface area (Å²) in [6.45, 7) is 4.48. The number of carbonyl (C=O) groups is 2. The number of benzene rings is 1. The van der Waals surface area contributed by atoms with Gasteiger partial charge >= 0.3 is 12.2 Å². The molecule has 1 aromatic carbocycles. The van der Waals surface area contributed by atoms with E-state index in [1.807, 2.05) is 18.2 Å². The first kappa shape index (κ1) is 17.1. The van der Waals surface area contributed by atoms with Crippen molar-refractivity contribution in [1.29, 1.82) is 0 Å². The Bertz CT molecular complexity index is 499. The summed E-state index contributed by atoms with van der Waals surface area (Å²) in [6.07, 6.45) is 1.08. The summed E-state index contributed by atoms with van der Waals surface area (Å²) in [5.41, 5.74) is 1.24. The smallest absolute Gasteiger partial charge is 0.409 e. The Balaban J connectivity index is 1.62. The first-order chi connectivity index (χ1) is 11.2. The Morgan fingerprint density at radius 3 is 2.09 bits per heavy atom. The predicted octanol–water partition coefficient (Wildman–Crippen LogP) is 2.53. The van der Waals surface area contributed by atoms with Crippen molar-refractivity contribution >= 4 is 12.2 Å². The van der Waals surface area contributed by atoms with Gasteiger partial charge < -0.3 is 19.3 Å². The lowest BCUT2D eigenvalue weighted by molar-refractivity contribution is 0.0620. The lowest BCUT2D eigenvalue weighted by Gasteiger charge is -2.33. The van der Waals surface area contributed by atoms with Crippen LogP contribution >= 0.6 is 0 Å². The fraction of sp³-hybridized carbons (Fsp3) is 0.529. The van der Waals surface area contributed by atoms with Gasteiger partial charge in [0.05, 0.1) is 13.2 Å². The lowest BCUT2D eigenvalue weighted by atomic mass is 10.1. The minimum atomic E-state index is -0.316. The van der Waals surface area contributed by atoms with E-state index in [-0.39, 0.29) is 12.2 Å². The summed E-state index contributed by atoms with van der Waals surface area (Å²) in [5, 5.41) is 0. The van der Waals surface area contributed by atoms with Gasteiger partial charge in [0.25, 0.3) is 0 Å². The minimum absolute atomic E-state index is 0.304. The maximum absolute atomic E-state index is 12.0. The van der Waals surface area contributed by atoms with E-state index in [0.717, 1.165) is 12.8 Å². The molecule has 0 atom stereocenters. The molecule has 1 heterocycles. The molecule has 0 N–H and O–H groups in total. The minimum Gasteiger partial charge on any atom is -0.450 e. The van der Waals surface area contributed by atoms with Gasteiger partial charge in [-0.2, -0.15) is 0 Å². The largest absolute Gasteiger partial charge is 0.450 e. The highest BCUT2D eigenvalue weighted by molar-refractivity contribution is 5.70. The normalized spacial score (nSPS) is 14.5. The van der Waals surface area contributed by atoms with E-state index in [9.17, 15) is 9.59 Å². The maximum atomic E-state index is 12.0. The van der Waals surface area contributed by atoms with Gasteiger partial charge in [-0.3, -0.25) is 0 Å². The first-order valence-electron chi connectivity index (χ1n) is 8.08. The molecule has 2 rings (SSSR count). The van der Waals surface area contributed by atoms with Gasteiger partial charge in [0.15, 0.2) is 0 Å². The molecule has 6 heteroatoms. The van der Waals surface area contributed by atoms with Crippen LogP contribution in [-0.2, 0) is 15.9 Å². The fourth-order valence-electron chi connectivity index (χ4n) is 2.46. The second kappa shape index (κ2) is 9.02. The highest BCUT2D eigenvalue weighted by Crippen LogP contribution is 2.07. The predicted molar refractivity (Wildman–Crippen MR) is 86.3 cm³/mol. The highest BCUT2D eigenvalue weighted by atomic mass is 16.6. The Hall–Kier alpha value is -2.24. The van der Waals surface area contributed by atoms with Crippen molar-refractivity contribution in [2.24, 2.45) is 0 Å². The van der Waals surface area contributed by atoms with Gasteiger partial charge in [-0.1, -0.05) is 30.3 Å². The third-order valence-corrected chi connectivity index (χ3v) is 3.74. The van der Waals surface area contributed by atoms with Crippen LogP contribution in [0.15, 0.2) is 30.3 Å². The van der Waals surface area contributed by atoms with Crippen molar-refractivity contribution in [2.75, 3.05) is 39.4 Å². The van der Waals surface area contributed by atoms with Crippen molar-refractivity contribution in [1.82, 2.24) is 9.80 Å². The van der Waals surface area contributed by atoms with Gasteiger partial charge in [-0.15, -0.1) is 0 Å². The second-order valence-electron chi connectivity index (χ2n) is 5.38. The topological polar surface area (TPSA) is 59.1 Å². The molecule has 0 bridgehead atoms. The summed E-state index contributed by atoms with van der Waals surface area (Å²) in [4.78, 5) is 26.8. The molecule has 0 aromatic heterocycles. The number of hydrogen-bond donors (Lipinski definition) is 0. The van der Waals surface area contributed by atoms with Gasteiger partial charge in [-0.05, 0) is 25.3 Å². The quantitative estimate of drug-likeness (QED) is 0.782. The number of ether oxygens (including phenoxy) is 2. The molecule has 1 aliphatic heterocycles. The lowest BCUT2D eigenvalue weighted by Crippen LogP contribution is -2.50. The van der Waals surface area contributed by atoms with Crippen LogP contribution in [0.2, 0.25) is 0 Å². The second-order valence-corrected chi connectivity index (χ2v) is 5.38.